The lowest BCUT2D eigenvalue weighted by Gasteiger charge is -2.53. The van der Waals surface area contributed by atoms with Crippen LogP contribution in [0.5, 0.6) is 5.75 Å². The monoisotopic (exact) mass is 411 g/mol. The van der Waals surface area contributed by atoms with Gasteiger partial charge in [0.15, 0.2) is 0 Å². The number of anilines is 1. The summed E-state index contributed by atoms with van der Waals surface area (Å²) in [6.07, 6.45) is 0. The molecule has 1 fully saturated rings. The molecule has 2 atom stereocenters. The van der Waals surface area contributed by atoms with Crippen LogP contribution in [0.3, 0.4) is 0 Å². The number of imide groups is 1. The molecule has 5 nitrogen and oxygen atoms in total. The van der Waals surface area contributed by atoms with Crippen LogP contribution in [-0.2, 0) is 15.0 Å². The molecule has 2 bridgehead atoms. The Morgan fingerprint density at radius 3 is 2.16 bits per heavy atom. The average molecular weight is 411 g/mol. The van der Waals surface area contributed by atoms with E-state index in [2.05, 4.69) is 0 Å². The van der Waals surface area contributed by atoms with Crippen molar-refractivity contribution in [1.29, 1.82) is 0 Å². The molecular weight excluding hydrogens is 390 g/mol. The highest BCUT2D eigenvalue weighted by Gasteiger charge is 2.68. The minimum absolute atomic E-state index is 0.210. The number of methoxy groups -OCH3 is 1. The number of carbonyl (C=O) groups excluding carboxylic acids is 2. The van der Waals surface area contributed by atoms with Crippen LogP contribution in [0.4, 0.5) is 5.69 Å². The molecule has 7 rings (SSSR count). The van der Waals surface area contributed by atoms with Crippen molar-refractivity contribution in [3.63, 3.8) is 0 Å². The number of amides is 2. The van der Waals surface area contributed by atoms with Crippen molar-refractivity contribution in [2.24, 2.45) is 11.8 Å². The topological polar surface area (TPSA) is 66.8 Å². The first-order chi connectivity index (χ1) is 15.1. The van der Waals surface area contributed by atoms with E-state index in [1.54, 1.807) is 31.4 Å². The summed E-state index contributed by atoms with van der Waals surface area (Å²) in [6, 6.07) is 22.9. The third kappa shape index (κ3) is 2.09. The van der Waals surface area contributed by atoms with Gasteiger partial charge < -0.3 is 9.84 Å². The maximum absolute atomic E-state index is 13.9. The van der Waals surface area contributed by atoms with Crippen molar-refractivity contribution < 1.29 is 19.4 Å². The highest BCUT2D eigenvalue weighted by Crippen LogP contribution is 2.64. The Bertz CT molecular complexity index is 1200. The first kappa shape index (κ1) is 18.3. The number of ether oxygens (including phenoxy) is 1. The highest BCUT2D eigenvalue weighted by molar-refractivity contribution is 6.23. The largest absolute Gasteiger partial charge is 0.497 e. The fourth-order valence-electron chi connectivity index (χ4n) is 6.20. The molecular formula is C26H21NO4. The highest BCUT2D eigenvalue weighted by atomic mass is 16.5. The molecule has 0 spiro atoms. The van der Waals surface area contributed by atoms with Crippen LogP contribution < -0.4 is 9.64 Å². The van der Waals surface area contributed by atoms with Crippen molar-refractivity contribution in [1.82, 2.24) is 0 Å². The smallest absolute Gasteiger partial charge is 0.239 e. The zero-order chi connectivity index (χ0) is 21.3. The number of aliphatic hydroxyl groups is 1. The third-order valence-electron chi connectivity index (χ3n) is 7.35. The molecule has 4 aliphatic rings. The minimum Gasteiger partial charge on any atom is -0.497 e. The van der Waals surface area contributed by atoms with E-state index in [1.807, 2.05) is 48.5 Å². The summed E-state index contributed by atoms with van der Waals surface area (Å²) < 4.78 is 5.31. The lowest BCUT2D eigenvalue weighted by molar-refractivity contribution is -0.124. The van der Waals surface area contributed by atoms with E-state index in [0.717, 1.165) is 22.3 Å². The van der Waals surface area contributed by atoms with E-state index < -0.39 is 17.3 Å². The summed E-state index contributed by atoms with van der Waals surface area (Å²) in [7, 11) is 1.56. The fourth-order valence-corrected chi connectivity index (χ4v) is 6.20. The van der Waals surface area contributed by atoms with Crippen molar-refractivity contribution in [2.45, 2.75) is 11.3 Å². The van der Waals surface area contributed by atoms with Crippen molar-refractivity contribution in [2.75, 3.05) is 18.6 Å². The first-order valence-corrected chi connectivity index (χ1v) is 10.4. The number of rotatable bonds is 3. The van der Waals surface area contributed by atoms with E-state index in [9.17, 15) is 14.7 Å². The maximum Gasteiger partial charge on any atom is 0.239 e. The Morgan fingerprint density at radius 1 is 0.903 bits per heavy atom. The molecule has 3 aromatic rings. The van der Waals surface area contributed by atoms with E-state index in [1.165, 1.54) is 4.90 Å². The molecule has 3 aromatic carbocycles. The molecule has 31 heavy (non-hydrogen) atoms. The van der Waals surface area contributed by atoms with Gasteiger partial charge in [0, 0.05) is 12.0 Å². The van der Waals surface area contributed by atoms with Crippen molar-refractivity contribution >= 4 is 17.5 Å². The first-order valence-electron chi connectivity index (χ1n) is 10.4. The Labute approximate surface area is 179 Å². The van der Waals surface area contributed by atoms with E-state index in [-0.39, 0.29) is 24.3 Å². The van der Waals surface area contributed by atoms with Crippen LogP contribution in [0, 0.1) is 11.8 Å². The number of benzene rings is 3. The molecule has 154 valence electrons. The number of carbonyl (C=O) groups is 2. The molecule has 0 aromatic heterocycles. The van der Waals surface area contributed by atoms with Crippen LogP contribution in [0.25, 0.3) is 0 Å². The van der Waals surface area contributed by atoms with Crippen LogP contribution in [-0.4, -0.2) is 30.6 Å². The molecule has 2 unspecified atom stereocenters. The van der Waals surface area contributed by atoms with Gasteiger partial charge in [0.1, 0.15) is 5.75 Å². The summed E-state index contributed by atoms with van der Waals surface area (Å²) in [6.45, 7) is -0.236. The Kier molecular flexibility index (Phi) is 3.72. The predicted molar refractivity (Wildman–Crippen MR) is 115 cm³/mol. The Balaban J connectivity index is 1.62. The van der Waals surface area contributed by atoms with Crippen LogP contribution >= 0.6 is 0 Å². The Hall–Kier alpha value is -3.44. The molecule has 2 amide bonds. The number of nitrogens with zero attached hydrogens (tertiary/aromatic N) is 1. The van der Waals surface area contributed by atoms with Crippen LogP contribution in [0.15, 0.2) is 72.8 Å². The SMILES string of the molecule is COc1cccc(N2C(=O)C3C4c5ccccc5C(CO)(c5ccccc54)C3C2=O)c1. The summed E-state index contributed by atoms with van der Waals surface area (Å²) in [5, 5.41) is 10.8. The second-order valence-corrected chi connectivity index (χ2v) is 8.50. The van der Waals surface area contributed by atoms with Gasteiger partial charge in [-0.15, -0.1) is 0 Å². The van der Waals surface area contributed by atoms with E-state index in [0.29, 0.717) is 11.4 Å². The second-order valence-electron chi connectivity index (χ2n) is 8.50. The molecule has 1 heterocycles. The zero-order valence-corrected chi connectivity index (χ0v) is 17.0. The molecule has 3 aliphatic carbocycles. The van der Waals surface area contributed by atoms with Crippen molar-refractivity contribution in [3.05, 3.63) is 95.1 Å². The van der Waals surface area contributed by atoms with Gasteiger partial charge in [0.25, 0.3) is 0 Å². The van der Waals surface area contributed by atoms with Crippen LogP contribution in [0.2, 0.25) is 0 Å². The minimum atomic E-state index is -0.938. The molecule has 0 radical (unpaired) electrons. The van der Waals surface area contributed by atoms with Gasteiger partial charge in [-0.25, -0.2) is 4.90 Å². The predicted octanol–water partition coefficient (Wildman–Crippen LogP) is 3.24. The van der Waals surface area contributed by atoms with Gasteiger partial charge in [-0.3, -0.25) is 9.59 Å². The van der Waals surface area contributed by atoms with Crippen molar-refractivity contribution in [3.8, 4) is 5.75 Å². The molecule has 0 saturated carbocycles. The van der Waals surface area contributed by atoms with E-state index >= 15 is 0 Å². The lowest BCUT2D eigenvalue weighted by atomic mass is 9.47. The quantitative estimate of drug-likeness (QED) is 0.672. The maximum atomic E-state index is 13.9. The van der Waals surface area contributed by atoms with Gasteiger partial charge in [-0.05, 0) is 34.4 Å². The average Bonchev–Trinajstić information content (AvgIpc) is 3.10. The van der Waals surface area contributed by atoms with Gasteiger partial charge in [0.2, 0.25) is 11.8 Å². The number of hydrogen-bond donors (Lipinski definition) is 1. The van der Waals surface area contributed by atoms with Gasteiger partial charge in [-0.1, -0.05) is 54.6 Å². The summed E-state index contributed by atoms with van der Waals surface area (Å²) >= 11 is 0. The summed E-state index contributed by atoms with van der Waals surface area (Å²) in [5.41, 5.74) is 3.54. The van der Waals surface area contributed by atoms with Crippen LogP contribution in [0.1, 0.15) is 28.2 Å². The normalized spacial score (nSPS) is 27.7. The summed E-state index contributed by atoms with van der Waals surface area (Å²) in [5.74, 6) is -1.29. The number of aliphatic hydroxyl groups excluding tert-OH is 1. The standard InChI is InChI=1S/C26H21NO4/c1-31-16-8-6-7-15(13-16)27-24(29)22-21-17-9-2-4-11-19(17)26(14-28,23(22)25(27)30)20-12-5-3-10-18(20)21/h2-13,21-23,28H,14H2,1H3. The fraction of sp³-hybridized carbons (Fsp3) is 0.231. The lowest BCUT2D eigenvalue weighted by Crippen LogP contribution is -2.55. The Morgan fingerprint density at radius 2 is 1.55 bits per heavy atom. The number of hydrogen-bond acceptors (Lipinski definition) is 4. The molecule has 1 saturated heterocycles. The molecule has 5 heteroatoms. The van der Waals surface area contributed by atoms with Gasteiger partial charge in [-0.2, -0.15) is 0 Å². The second kappa shape index (κ2) is 6.28. The summed E-state index contributed by atoms with van der Waals surface area (Å²) in [4.78, 5) is 29.0. The molecule has 1 N–H and O–H groups in total. The van der Waals surface area contributed by atoms with Gasteiger partial charge >= 0.3 is 0 Å². The zero-order valence-electron chi connectivity index (χ0n) is 17.0. The molecule has 1 aliphatic heterocycles. The third-order valence-corrected chi connectivity index (χ3v) is 7.35. The van der Waals surface area contributed by atoms with Gasteiger partial charge in [0.05, 0.1) is 36.7 Å². The van der Waals surface area contributed by atoms with E-state index in [4.69, 9.17) is 4.74 Å².